The highest BCUT2D eigenvalue weighted by Gasteiger charge is 2.03. The van der Waals surface area contributed by atoms with Gasteiger partial charge in [0.2, 0.25) is 0 Å². The molecule has 0 aliphatic rings. The predicted octanol–water partition coefficient (Wildman–Crippen LogP) is 7.80. The van der Waals surface area contributed by atoms with Crippen molar-refractivity contribution in [1.82, 2.24) is 0 Å². The number of benzene rings is 1. The highest BCUT2D eigenvalue weighted by atomic mass is 16.6. The Morgan fingerprint density at radius 3 is 1.09 bits per heavy atom. The standard InChI is InChI=1S/C44H80O12/c1-3-5-7-9-11-12-14-16-42-18-20-43(21-19-42)55-40-38-53-36-34-51-32-30-49-28-26-47-24-22-46-23-25-48-27-29-50-31-33-52-35-37-54-39-41-56-44(45)17-15-13-10-8-6-4-2/h18-21H,3-17,22-41H2,1-2H3. The molecule has 0 saturated heterocycles. The van der Waals surface area contributed by atoms with Gasteiger partial charge >= 0.3 is 5.97 Å². The number of carbonyl (C=O) groups is 1. The lowest BCUT2D eigenvalue weighted by Gasteiger charge is -2.09. The molecule has 56 heavy (non-hydrogen) atoms. The summed E-state index contributed by atoms with van der Waals surface area (Å²) in [6, 6.07) is 8.45. The molecule has 0 fully saturated rings. The average Bonchev–Trinajstić information content (AvgIpc) is 3.21. The Morgan fingerprint density at radius 2 is 0.696 bits per heavy atom. The van der Waals surface area contributed by atoms with E-state index in [0.717, 1.165) is 25.0 Å². The zero-order chi connectivity index (χ0) is 40.1. The molecule has 0 saturated carbocycles. The van der Waals surface area contributed by atoms with Gasteiger partial charge in [-0.2, -0.15) is 0 Å². The molecule has 1 rings (SSSR count). The van der Waals surface area contributed by atoms with Gasteiger partial charge in [0.15, 0.2) is 0 Å². The Balaban J connectivity index is 1.69. The third-order valence-electron chi connectivity index (χ3n) is 8.69. The van der Waals surface area contributed by atoms with E-state index < -0.39 is 0 Å². The number of aryl methyl sites for hydroxylation is 1. The number of ether oxygens (including phenoxy) is 11. The molecular weight excluding hydrogens is 720 g/mol. The summed E-state index contributed by atoms with van der Waals surface area (Å²) in [6.07, 6.45) is 17.9. The molecule has 0 aliphatic heterocycles. The van der Waals surface area contributed by atoms with Crippen LogP contribution in [0.25, 0.3) is 0 Å². The van der Waals surface area contributed by atoms with Crippen LogP contribution in [-0.4, -0.2) is 138 Å². The minimum atomic E-state index is -0.142. The van der Waals surface area contributed by atoms with E-state index in [2.05, 4.69) is 38.1 Å². The van der Waals surface area contributed by atoms with E-state index in [0.29, 0.717) is 132 Å². The van der Waals surface area contributed by atoms with Crippen molar-refractivity contribution in [3.63, 3.8) is 0 Å². The second-order valence-electron chi connectivity index (χ2n) is 13.6. The number of rotatable bonds is 46. The quantitative estimate of drug-likeness (QED) is 0.0473. The van der Waals surface area contributed by atoms with E-state index in [-0.39, 0.29) is 12.6 Å². The lowest BCUT2D eigenvalue weighted by atomic mass is 10.0. The third-order valence-corrected chi connectivity index (χ3v) is 8.69. The number of unbranched alkanes of at least 4 members (excludes halogenated alkanes) is 11. The minimum absolute atomic E-state index is 0.142. The zero-order valence-electron chi connectivity index (χ0n) is 35.5. The summed E-state index contributed by atoms with van der Waals surface area (Å²) >= 11 is 0. The third kappa shape index (κ3) is 39.0. The van der Waals surface area contributed by atoms with Gasteiger partial charge in [0, 0.05) is 6.42 Å². The van der Waals surface area contributed by atoms with Gasteiger partial charge in [-0.15, -0.1) is 0 Å². The molecular formula is C44H80O12. The monoisotopic (exact) mass is 801 g/mol. The molecule has 12 nitrogen and oxygen atoms in total. The van der Waals surface area contributed by atoms with Crippen molar-refractivity contribution in [3.8, 4) is 5.75 Å². The summed E-state index contributed by atoms with van der Waals surface area (Å²) < 4.78 is 60.6. The number of esters is 1. The van der Waals surface area contributed by atoms with Crippen molar-refractivity contribution in [2.24, 2.45) is 0 Å². The first-order valence-corrected chi connectivity index (χ1v) is 21.8. The second kappa shape index (κ2) is 44.2. The van der Waals surface area contributed by atoms with Crippen LogP contribution in [0.5, 0.6) is 5.75 Å². The van der Waals surface area contributed by atoms with E-state index in [9.17, 15) is 4.79 Å². The van der Waals surface area contributed by atoms with Crippen LogP contribution in [-0.2, 0) is 58.6 Å². The second-order valence-corrected chi connectivity index (χ2v) is 13.6. The predicted molar refractivity (Wildman–Crippen MR) is 220 cm³/mol. The van der Waals surface area contributed by atoms with E-state index in [4.69, 9.17) is 52.1 Å². The molecule has 0 heterocycles. The highest BCUT2D eigenvalue weighted by Crippen LogP contribution is 2.15. The molecule has 328 valence electrons. The van der Waals surface area contributed by atoms with Crippen LogP contribution in [0.4, 0.5) is 0 Å². The molecule has 0 spiro atoms. The lowest BCUT2D eigenvalue weighted by molar-refractivity contribution is -0.145. The van der Waals surface area contributed by atoms with Crippen LogP contribution in [0.3, 0.4) is 0 Å². The van der Waals surface area contributed by atoms with E-state index in [1.54, 1.807) is 0 Å². The summed E-state index contributed by atoms with van der Waals surface area (Å²) in [4.78, 5) is 11.7. The first kappa shape index (κ1) is 52.1. The van der Waals surface area contributed by atoms with Crippen molar-refractivity contribution in [2.45, 2.75) is 110 Å². The summed E-state index contributed by atoms with van der Waals surface area (Å²) in [5.41, 5.74) is 1.38. The van der Waals surface area contributed by atoms with Crippen molar-refractivity contribution in [3.05, 3.63) is 29.8 Å². The smallest absolute Gasteiger partial charge is 0.305 e. The molecule has 0 N–H and O–H groups in total. The molecule has 0 aromatic heterocycles. The highest BCUT2D eigenvalue weighted by molar-refractivity contribution is 5.69. The number of hydrogen-bond donors (Lipinski definition) is 0. The van der Waals surface area contributed by atoms with Gasteiger partial charge in [-0.1, -0.05) is 96.6 Å². The molecule has 12 heteroatoms. The summed E-state index contributed by atoms with van der Waals surface area (Å²) in [5, 5.41) is 0. The topological polar surface area (TPSA) is 119 Å². The Morgan fingerprint density at radius 1 is 0.375 bits per heavy atom. The van der Waals surface area contributed by atoms with Gasteiger partial charge < -0.3 is 52.1 Å². The van der Waals surface area contributed by atoms with E-state index >= 15 is 0 Å². The fourth-order valence-electron chi connectivity index (χ4n) is 5.45. The molecule has 1 aromatic carbocycles. The summed E-state index contributed by atoms with van der Waals surface area (Å²) in [6.45, 7) is 14.2. The summed E-state index contributed by atoms with van der Waals surface area (Å²) in [5.74, 6) is 0.743. The zero-order valence-corrected chi connectivity index (χ0v) is 35.5. The Hall–Kier alpha value is -1.87. The fourth-order valence-corrected chi connectivity index (χ4v) is 5.45. The molecule has 0 bridgehead atoms. The van der Waals surface area contributed by atoms with Crippen LogP contribution >= 0.6 is 0 Å². The Labute approximate surface area is 340 Å². The van der Waals surface area contributed by atoms with Crippen LogP contribution in [0.2, 0.25) is 0 Å². The van der Waals surface area contributed by atoms with Gasteiger partial charge in [0.25, 0.3) is 0 Å². The van der Waals surface area contributed by atoms with Gasteiger partial charge in [-0.05, 0) is 37.0 Å². The molecule has 0 radical (unpaired) electrons. The molecule has 0 aliphatic carbocycles. The van der Waals surface area contributed by atoms with Crippen LogP contribution in [0.1, 0.15) is 109 Å². The van der Waals surface area contributed by atoms with Crippen LogP contribution in [0, 0.1) is 0 Å². The van der Waals surface area contributed by atoms with Gasteiger partial charge in [0.05, 0.1) is 119 Å². The van der Waals surface area contributed by atoms with Crippen molar-refractivity contribution >= 4 is 5.97 Å². The normalized spacial score (nSPS) is 11.4. The van der Waals surface area contributed by atoms with Gasteiger partial charge in [0.1, 0.15) is 19.0 Å². The molecule has 0 unspecified atom stereocenters. The van der Waals surface area contributed by atoms with Crippen LogP contribution < -0.4 is 4.74 Å². The summed E-state index contributed by atoms with van der Waals surface area (Å²) in [7, 11) is 0. The number of carbonyl (C=O) groups excluding carboxylic acids is 1. The largest absolute Gasteiger partial charge is 0.491 e. The van der Waals surface area contributed by atoms with E-state index in [1.807, 2.05) is 0 Å². The molecule has 0 atom stereocenters. The number of hydrogen-bond acceptors (Lipinski definition) is 12. The Kier molecular flexibility index (Phi) is 41.2. The SMILES string of the molecule is CCCCCCCCCc1ccc(OCCOCCOCCOCCOCCOCCOCCOCCOCCOCCOC(=O)CCCCCCCC)cc1. The first-order chi connectivity index (χ1) is 27.8. The fraction of sp³-hybridized carbons (Fsp3) is 0.841. The van der Waals surface area contributed by atoms with Crippen molar-refractivity contribution in [2.75, 3.05) is 132 Å². The minimum Gasteiger partial charge on any atom is -0.491 e. The maximum Gasteiger partial charge on any atom is 0.305 e. The van der Waals surface area contributed by atoms with Crippen molar-refractivity contribution < 1.29 is 56.9 Å². The van der Waals surface area contributed by atoms with Crippen LogP contribution in [0.15, 0.2) is 24.3 Å². The Bertz CT molecular complexity index is 920. The molecule has 1 aromatic rings. The van der Waals surface area contributed by atoms with Gasteiger partial charge in [-0.25, -0.2) is 0 Å². The average molecular weight is 801 g/mol. The maximum absolute atomic E-state index is 11.7. The first-order valence-electron chi connectivity index (χ1n) is 21.8. The van der Waals surface area contributed by atoms with E-state index in [1.165, 1.54) is 76.2 Å². The lowest BCUT2D eigenvalue weighted by Crippen LogP contribution is -2.15. The molecule has 0 amide bonds. The maximum atomic E-state index is 11.7. The van der Waals surface area contributed by atoms with Crippen molar-refractivity contribution in [1.29, 1.82) is 0 Å². The van der Waals surface area contributed by atoms with Gasteiger partial charge in [-0.3, -0.25) is 4.79 Å².